The molecule has 2 aromatic rings. The molecule has 2 heterocycles. The van der Waals surface area contributed by atoms with Crippen molar-refractivity contribution < 1.29 is 4.79 Å². The fraction of sp³-hybridized carbons (Fsp3) is 0.476. The third-order valence-electron chi connectivity index (χ3n) is 5.10. The van der Waals surface area contributed by atoms with Crippen molar-refractivity contribution in [3.05, 3.63) is 42.4 Å². The van der Waals surface area contributed by atoms with Gasteiger partial charge in [0.2, 0.25) is 0 Å². The van der Waals surface area contributed by atoms with Crippen LogP contribution < -0.4 is 15.1 Å². The number of benzene rings is 1. The molecule has 7 nitrogen and oxygen atoms in total. The summed E-state index contributed by atoms with van der Waals surface area (Å²) in [6.45, 7) is 7.27. The van der Waals surface area contributed by atoms with Gasteiger partial charge in [-0.05, 0) is 37.7 Å². The van der Waals surface area contributed by atoms with Crippen LogP contribution in [0.5, 0.6) is 0 Å². The highest BCUT2D eigenvalue weighted by molar-refractivity contribution is 6.02. The number of nitrogens with zero attached hydrogens (tertiary/aromatic N) is 5. The average Bonchev–Trinajstić information content (AvgIpc) is 2.73. The van der Waals surface area contributed by atoms with Gasteiger partial charge in [0.15, 0.2) is 0 Å². The quantitative estimate of drug-likeness (QED) is 0.794. The van der Waals surface area contributed by atoms with Crippen LogP contribution >= 0.6 is 0 Å². The molecular weight excluding hydrogens is 352 g/mol. The van der Waals surface area contributed by atoms with E-state index in [1.807, 2.05) is 19.2 Å². The van der Waals surface area contributed by atoms with E-state index in [1.54, 1.807) is 6.20 Å². The third-order valence-corrected chi connectivity index (χ3v) is 5.10. The number of amides is 1. The Morgan fingerprint density at radius 1 is 1.11 bits per heavy atom. The van der Waals surface area contributed by atoms with Crippen LogP contribution in [0.15, 0.2) is 36.7 Å². The number of likely N-dealkylation sites (N-methyl/N-ethyl adjacent to an activating group) is 1. The molecule has 1 aromatic carbocycles. The maximum Gasteiger partial charge on any atom is 0.275 e. The molecule has 3 rings (SSSR count). The number of carbonyl (C=O) groups is 1. The summed E-state index contributed by atoms with van der Waals surface area (Å²) in [5, 5.41) is 2.90. The molecule has 0 saturated carbocycles. The van der Waals surface area contributed by atoms with E-state index in [1.165, 1.54) is 11.9 Å². The zero-order chi connectivity index (χ0) is 19.9. The number of nitrogens with one attached hydrogen (secondary N) is 1. The Kier molecular flexibility index (Phi) is 6.81. The summed E-state index contributed by atoms with van der Waals surface area (Å²) < 4.78 is 0. The molecule has 1 aliphatic rings. The largest absolute Gasteiger partial charge is 0.369 e. The van der Waals surface area contributed by atoms with Crippen LogP contribution in [-0.2, 0) is 0 Å². The topological polar surface area (TPSA) is 64.6 Å². The van der Waals surface area contributed by atoms with E-state index in [0.29, 0.717) is 5.69 Å². The van der Waals surface area contributed by atoms with Gasteiger partial charge in [-0.3, -0.25) is 4.79 Å². The van der Waals surface area contributed by atoms with Crippen molar-refractivity contribution in [2.75, 3.05) is 61.9 Å². The van der Waals surface area contributed by atoms with E-state index in [4.69, 9.17) is 0 Å². The molecule has 0 aliphatic carbocycles. The van der Waals surface area contributed by atoms with Crippen LogP contribution in [0.1, 0.15) is 30.3 Å². The van der Waals surface area contributed by atoms with Gasteiger partial charge in [-0.25, -0.2) is 9.97 Å². The molecule has 0 radical (unpaired) electrons. The van der Waals surface area contributed by atoms with Gasteiger partial charge < -0.3 is 20.0 Å². The summed E-state index contributed by atoms with van der Waals surface area (Å²) in [4.78, 5) is 27.8. The number of unbranched alkanes of at least 4 members (excludes halogenated alkanes) is 1. The number of piperazine rings is 1. The Morgan fingerprint density at radius 3 is 2.43 bits per heavy atom. The third kappa shape index (κ3) is 5.19. The lowest BCUT2D eigenvalue weighted by atomic mass is 10.2. The van der Waals surface area contributed by atoms with Crippen LogP contribution in [-0.4, -0.2) is 67.6 Å². The number of anilines is 3. The van der Waals surface area contributed by atoms with Gasteiger partial charge in [-0.1, -0.05) is 13.3 Å². The maximum absolute atomic E-state index is 12.4. The minimum Gasteiger partial charge on any atom is -0.369 e. The summed E-state index contributed by atoms with van der Waals surface area (Å²) in [7, 11) is 4.13. The molecule has 0 unspecified atom stereocenters. The summed E-state index contributed by atoms with van der Waals surface area (Å²) in [6, 6.07) is 7.98. The van der Waals surface area contributed by atoms with Crippen molar-refractivity contribution in [1.29, 1.82) is 0 Å². The molecular formula is C21H30N6O. The minimum absolute atomic E-state index is 0.248. The monoisotopic (exact) mass is 382 g/mol. The lowest BCUT2D eigenvalue weighted by Crippen LogP contribution is -2.44. The Labute approximate surface area is 167 Å². The first kappa shape index (κ1) is 20.1. The van der Waals surface area contributed by atoms with E-state index in [9.17, 15) is 4.79 Å². The molecule has 1 amide bonds. The smallest absolute Gasteiger partial charge is 0.275 e. The molecule has 1 N–H and O–H groups in total. The molecule has 1 aromatic heterocycles. The summed E-state index contributed by atoms with van der Waals surface area (Å²) >= 11 is 0. The SMILES string of the molecule is CCCCN(C)c1cnc(C(=O)Nc2ccc(N3CCN(C)CC3)cc2)cn1. The van der Waals surface area contributed by atoms with E-state index < -0.39 is 0 Å². The Balaban J connectivity index is 1.57. The van der Waals surface area contributed by atoms with Crippen molar-refractivity contribution in [1.82, 2.24) is 14.9 Å². The molecule has 0 spiro atoms. The first-order valence-electron chi connectivity index (χ1n) is 9.95. The highest BCUT2D eigenvalue weighted by Crippen LogP contribution is 2.19. The Hall–Kier alpha value is -2.67. The summed E-state index contributed by atoms with van der Waals surface area (Å²) in [5.41, 5.74) is 2.26. The van der Waals surface area contributed by atoms with Gasteiger partial charge >= 0.3 is 0 Å². The minimum atomic E-state index is -0.248. The van der Waals surface area contributed by atoms with Crippen molar-refractivity contribution in [2.24, 2.45) is 0 Å². The summed E-state index contributed by atoms with van der Waals surface area (Å²) in [6.07, 6.45) is 5.42. The number of hydrogen-bond acceptors (Lipinski definition) is 6. The predicted octanol–water partition coefficient (Wildman–Crippen LogP) is 2.72. The highest BCUT2D eigenvalue weighted by Gasteiger charge is 2.15. The molecule has 7 heteroatoms. The van der Waals surface area contributed by atoms with Gasteiger partial charge in [0, 0.05) is 51.1 Å². The fourth-order valence-corrected chi connectivity index (χ4v) is 3.16. The second-order valence-corrected chi connectivity index (χ2v) is 7.33. The van der Waals surface area contributed by atoms with E-state index in [2.05, 4.69) is 56.1 Å². The van der Waals surface area contributed by atoms with Gasteiger partial charge in [0.1, 0.15) is 11.5 Å². The van der Waals surface area contributed by atoms with Crippen LogP contribution in [0.25, 0.3) is 0 Å². The lowest BCUT2D eigenvalue weighted by molar-refractivity contribution is 0.102. The van der Waals surface area contributed by atoms with E-state index >= 15 is 0 Å². The lowest BCUT2D eigenvalue weighted by Gasteiger charge is -2.34. The molecule has 1 fully saturated rings. The maximum atomic E-state index is 12.4. The number of aromatic nitrogens is 2. The van der Waals surface area contributed by atoms with Crippen LogP contribution in [0.3, 0.4) is 0 Å². The number of rotatable bonds is 7. The van der Waals surface area contributed by atoms with Crippen LogP contribution in [0.4, 0.5) is 17.2 Å². The second kappa shape index (κ2) is 9.50. The van der Waals surface area contributed by atoms with Crippen molar-refractivity contribution >= 4 is 23.1 Å². The fourth-order valence-electron chi connectivity index (χ4n) is 3.16. The normalized spacial score (nSPS) is 14.8. The standard InChI is InChI=1S/C21H30N6O/c1-4-5-10-26(3)20-16-22-19(15-23-20)21(28)24-17-6-8-18(9-7-17)27-13-11-25(2)12-14-27/h6-9,15-16H,4-5,10-14H2,1-3H3,(H,24,28). The molecule has 1 aliphatic heterocycles. The van der Waals surface area contributed by atoms with Crippen LogP contribution in [0.2, 0.25) is 0 Å². The van der Waals surface area contributed by atoms with Gasteiger partial charge in [-0.15, -0.1) is 0 Å². The second-order valence-electron chi connectivity index (χ2n) is 7.33. The molecule has 1 saturated heterocycles. The summed E-state index contributed by atoms with van der Waals surface area (Å²) in [5.74, 6) is 0.532. The highest BCUT2D eigenvalue weighted by atomic mass is 16.1. The Bertz CT molecular complexity index is 753. The molecule has 0 atom stereocenters. The number of hydrogen-bond donors (Lipinski definition) is 1. The Morgan fingerprint density at radius 2 is 1.82 bits per heavy atom. The van der Waals surface area contributed by atoms with Crippen molar-refractivity contribution in [3.8, 4) is 0 Å². The van der Waals surface area contributed by atoms with Gasteiger partial charge in [0.05, 0.1) is 12.4 Å². The number of carbonyl (C=O) groups excluding carboxylic acids is 1. The zero-order valence-corrected chi connectivity index (χ0v) is 17.1. The van der Waals surface area contributed by atoms with Gasteiger partial charge in [0.25, 0.3) is 5.91 Å². The van der Waals surface area contributed by atoms with Crippen LogP contribution in [0, 0.1) is 0 Å². The van der Waals surface area contributed by atoms with Crippen molar-refractivity contribution in [2.45, 2.75) is 19.8 Å². The zero-order valence-electron chi connectivity index (χ0n) is 17.1. The molecule has 28 heavy (non-hydrogen) atoms. The van der Waals surface area contributed by atoms with Gasteiger partial charge in [-0.2, -0.15) is 0 Å². The predicted molar refractivity (Wildman–Crippen MR) is 114 cm³/mol. The van der Waals surface area contributed by atoms with E-state index in [0.717, 1.165) is 57.1 Å². The average molecular weight is 383 g/mol. The molecule has 150 valence electrons. The first-order valence-corrected chi connectivity index (χ1v) is 9.95. The molecule has 0 bridgehead atoms. The first-order chi connectivity index (χ1) is 13.6. The van der Waals surface area contributed by atoms with Crippen molar-refractivity contribution in [3.63, 3.8) is 0 Å². The van der Waals surface area contributed by atoms with E-state index in [-0.39, 0.29) is 5.91 Å².